The van der Waals surface area contributed by atoms with Gasteiger partial charge in [0.05, 0.1) is 5.75 Å². The van der Waals surface area contributed by atoms with Crippen molar-refractivity contribution in [2.24, 2.45) is 5.41 Å². The number of nitrogens with one attached hydrogen (secondary N) is 2. The van der Waals surface area contributed by atoms with Crippen LogP contribution in [0.5, 0.6) is 0 Å². The minimum Gasteiger partial charge on any atom is -0.312 e. The summed E-state index contributed by atoms with van der Waals surface area (Å²) in [6.45, 7) is 8.76. The quantitative estimate of drug-likeness (QED) is 0.807. The van der Waals surface area contributed by atoms with Crippen LogP contribution in [0.3, 0.4) is 0 Å². The molecule has 0 bridgehead atoms. The zero-order valence-electron chi connectivity index (χ0n) is 11.4. The first-order chi connectivity index (χ1) is 7.70. The predicted octanol–water partition coefficient (Wildman–Crippen LogP) is 1.48. The van der Waals surface area contributed by atoms with Crippen molar-refractivity contribution in [1.82, 2.24) is 10.0 Å². The zero-order valence-corrected chi connectivity index (χ0v) is 12.2. The van der Waals surface area contributed by atoms with Gasteiger partial charge in [0.1, 0.15) is 0 Å². The number of rotatable bonds is 4. The largest absolute Gasteiger partial charge is 0.312 e. The lowest BCUT2D eigenvalue weighted by molar-refractivity contribution is 0.345. The van der Waals surface area contributed by atoms with Gasteiger partial charge in [-0.3, -0.25) is 0 Å². The Hall–Kier alpha value is -0.130. The van der Waals surface area contributed by atoms with E-state index in [4.69, 9.17) is 0 Å². The SMILES string of the molecule is CC(NS(=O)(=O)CC(C)(C)C)C1CCCCN1. The minimum atomic E-state index is -3.18. The topological polar surface area (TPSA) is 58.2 Å². The van der Waals surface area contributed by atoms with Crippen molar-refractivity contribution in [3.63, 3.8) is 0 Å². The summed E-state index contributed by atoms with van der Waals surface area (Å²) in [5.74, 6) is 0.178. The molecule has 2 unspecified atom stereocenters. The van der Waals surface area contributed by atoms with Crippen LogP contribution in [0.2, 0.25) is 0 Å². The van der Waals surface area contributed by atoms with Gasteiger partial charge in [-0.15, -0.1) is 0 Å². The van der Waals surface area contributed by atoms with Crippen molar-refractivity contribution in [3.8, 4) is 0 Å². The fourth-order valence-corrected chi connectivity index (χ4v) is 4.24. The Morgan fingerprint density at radius 2 is 2.00 bits per heavy atom. The Balaban J connectivity index is 2.51. The number of hydrogen-bond acceptors (Lipinski definition) is 3. The molecule has 102 valence electrons. The highest BCUT2D eigenvalue weighted by atomic mass is 32.2. The van der Waals surface area contributed by atoms with Crippen LogP contribution in [0.25, 0.3) is 0 Å². The van der Waals surface area contributed by atoms with Crippen LogP contribution >= 0.6 is 0 Å². The van der Waals surface area contributed by atoms with Crippen molar-refractivity contribution in [2.45, 2.75) is 59.0 Å². The predicted molar refractivity (Wildman–Crippen MR) is 71.5 cm³/mol. The van der Waals surface area contributed by atoms with Crippen LogP contribution in [-0.2, 0) is 10.0 Å². The Kier molecular flexibility index (Phi) is 4.98. The summed E-state index contributed by atoms with van der Waals surface area (Å²) in [5.41, 5.74) is -0.203. The van der Waals surface area contributed by atoms with Crippen LogP contribution < -0.4 is 10.0 Å². The van der Waals surface area contributed by atoms with Crippen molar-refractivity contribution in [2.75, 3.05) is 12.3 Å². The lowest BCUT2D eigenvalue weighted by atomic mass is 10.00. The highest BCUT2D eigenvalue weighted by molar-refractivity contribution is 7.89. The van der Waals surface area contributed by atoms with E-state index in [1.54, 1.807) is 0 Å². The van der Waals surface area contributed by atoms with Crippen molar-refractivity contribution in [3.05, 3.63) is 0 Å². The molecule has 0 aliphatic carbocycles. The van der Waals surface area contributed by atoms with E-state index in [0.717, 1.165) is 13.0 Å². The van der Waals surface area contributed by atoms with E-state index in [-0.39, 0.29) is 23.3 Å². The molecule has 2 N–H and O–H groups in total. The average molecular weight is 262 g/mol. The monoisotopic (exact) mass is 262 g/mol. The average Bonchev–Trinajstić information content (AvgIpc) is 2.14. The van der Waals surface area contributed by atoms with Gasteiger partial charge < -0.3 is 5.32 Å². The third kappa shape index (κ3) is 5.84. The molecule has 1 heterocycles. The van der Waals surface area contributed by atoms with Gasteiger partial charge in [0.2, 0.25) is 10.0 Å². The van der Waals surface area contributed by atoms with Crippen LogP contribution in [0.15, 0.2) is 0 Å². The van der Waals surface area contributed by atoms with Crippen molar-refractivity contribution >= 4 is 10.0 Å². The first-order valence-electron chi connectivity index (χ1n) is 6.43. The van der Waals surface area contributed by atoms with Gasteiger partial charge in [-0.05, 0) is 31.7 Å². The van der Waals surface area contributed by atoms with Crippen LogP contribution in [0, 0.1) is 5.41 Å². The molecule has 17 heavy (non-hydrogen) atoms. The molecule has 4 nitrogen and oxygen atoms in total. The first kappa shape index (κ1) is 14.9. The lowest BCUT2D eigenvalue weighted by Crippen LogP contribution is -2.51. The molecule has 0 amide bonds. The van der Waals surface area contributed by atoms with E-state index in [1.807, 2.05) is 27.7 Å². The van der Waals surface area contributed by atoms with E-state index in [2.05, 4.69) is 10.0 Å². The maximum absolute atomic E-state index is 12.0. The Labute approximate surface area is 106 Å². The molecule has 0 aromatic rings. The highest BCUT2D eigenvalue weighted by Gasteiger charge is 2.27. The molecular formula is C12H26N2O2S. The molecule has 0 saturated carbocycles. The molecule has 2 atom stereocenters. The summed E-state index contributed by atoms with van der Waals surface area (Å²) in [5, 5.41) is 3.38. The minimum absolute atomic E-state index is 0.0253. The Morgan fingerprint density at radius 1 is 1.35 bits per heavy atom. The number of piperidine rings is 1. The molecule has 1 saturated heterocycles. The standard InChI is InChI=1S/C12H26N2O2S/c1-10(11-7-5-6-8-13-11)14-17(15,16)9-12(2,3)4/h10-11,13-14H,5-9H2,1-4H3. The van der Waals surface area contributed by atoms with Gasteiger partial charge in [-0.25, -0.2) is 13.1 Å². The van der Waals surface area contributed by atoms with Gasteiger partial charge in [-0.2, -0.15) is 0 Å². The molecule has 1 aliphatic heterocycles. The van der Waals surface area contributed by atoms with E-state index < -0.39 is 10.0 Å². The van der Waals surface area contributed by atoms with E-state index in [0.29, 0.717) is 0 Å². The van der Waals surface area contributed by atoms with Gasteiger partial charge in [-0.1, -0.05) is 27.2 Å². The molecular weight excluding hydrogens is 236 g/mol. The van der Waals surface area contributed by atoms with Crippen LogP contribution in [-0.4, -0.2) is 32.8 Å². The summed E-state index contributed by atoms with van der Waals surface area (Å²) in [6.07, 6.45) is 3.43. The molecule has 0 radical (unpaired) electrons. The summed E-state index contributed by atoms with van der Waals surface area (Å²) in [6, 6.07) is 0.251. The van der Waals surface area contributed by atoms with Crippen LogP contribution in [0.4, 0.5) is 0 Å². The fourth-order valence-electron chi connectivity index (χ4n) is 2.28. The second-order valence-corrected chi connectivity index (χ2v) is 8.04. The number of hydrogen-bond donors (Lipinski definition) is 2. The van der Waals surface area contributed by atoms with E-state index in [1.165, 1.54) is 12.8 Å². The summed E-state index contributed by atoms with van der Waals surface area (Å²) in [4.78, 5) is 0. The first-order valence-corrected chi connectivity index (χ1v) is 8.08. The third-order valence-electron chi connectivity index (χ3n) is 2.94. The van der Waals surface area contributed by atoms with E-state index in [9.17, 15) is 8.42 Å². The summed E-state index contributed by atoms with van der Waals surface area (Å²) >= 11 is 0. The molecule has 5 heteroatoms. The summed E-state index contributed by atoms with van der Waals surface area (Å²) < 4.78 is 26.7. The maximum atomic E-state index is 12.0. The van der Waals surface area contributed by atoms with Crippen molar-refractivity contribution < 1.29 is 8.42 Å². The molecule has 1 fully saturated rings. The molecule has 0 aromatic heterocycles. The van der Waals surface area contributed by atoms with Crippen molar-refractivity contribution in [1.29, 1.82) is 0 Å². The van der Waals surface area contributed by atoms with Gasteiger partial charge in [0, 0.05) is 12.1 Å². The lowest BCUT2D eigenvalue weighted by Gasteiger charge is -2.30. The fraction of sp³-hybridized carbons (Fsp3) is 1.00. The normalized spacial score (nSPS) is 24.6. The zero-order chi connectivity index (χ0) is 13.1. The van der Waals surface area contributed by atoms with Gasteiger partial charge in [0.25, 0.3) is 0 Å². The Morgan fingerprint density at radius 3 is 2.47 bits per heavy atom. The smallest absolute Gasteiger partial charge is 0.212 e. The maximum Gasteiger partial charge on any atom is 0.212 e. The number of sulfonamides is 1. The van der Waals surface area contributed by atoms with Gasteiger partial charge in [0.15, 0.2) is 0 Å². The van der Waals surface area contributed by atoms with E-state index >= 15 is 0 Å². The summed E-state index contributed by atoms with van der Waals surface area (Å²) in [7, 11) is -3.18. The Bertz CT molecular complexity index is 327. The second-order valence-electron chi connectivity index (χ2n) is 6.28. The molecule has 0 aromatic carbocycles. The molecule has 1 rings (SSSR count). The van der Waals surface area contributed by atoms with Gasteiger partial charge >= 0.3 is 0 Å². The molecule has 0 spiro atoms. The third-order valence-corrected chi connectivity index (χ3v) is 4.92. The highest BCUT2D eigenvalue weighted by Crippen LogP contribution is 2.17. The van der Waals surface area contributed by atoms with Crippen LogP contribution in [0.1, 0.15) is 47.0 Å². The molecule has 1 aliphatic rings. The second kappa shape index (κ2) is 5.67.